The van der Waals surface area contributed by atoms with Crippen LogP contribution < -0.4 is 10.1 Å². The van der Waals surface area contributed by atoms with Crippen LogP contribution in [-0.2, 0) is 11.3 Å². The van der Waals surface area contributed by atoms with Crippen molar-refractivity contribution in [3.8, 4) is 17.1 Å². The average molecular weight is 460 g/mol. The lowest BCUT2D eigenvalue weighted by molar-refractivity contribution is -0.113. The number of ether oxygens (including phenoxy) is 1. The number of pyridine rings is 1. The molecule has 144 valence electrons. The van der Waals surface area contributed by atoms with E-state index in [0.717, 1.165) is 15.8 Å². The number of benzene rings is 1. The van der Waals surface area contributed by atoms with Crippen LogP contribution in [0.2, 0.25) is 0 Å². The van der Waals surface area contributed by atoms with Crippen LogP contribution >= 0.6 is 27.7 Å². The zero-order valence-corrected chi connectivity index (χ0v) is 17.5. The first-order valence-electron chi connectivity index (χ1n) is 8.33. The maximum atomic E-state index is 12.2. The maximum absolute atomic E-state index is 12.2. The molecular weight excluding hydrogens is 442 g/mol. The molecule has 1 amide bonds. The summed E-state index contributed by atoms with van der Waals surface area (Å²) in [6, 6.07) is 11.1. The van der Waals surface area contributed by atoms with Crippen molar-refractivity contribution in [2.75, 3.05) is 18.2 Å². The first-order valence-corrected chi connectivity index (χ1v) is 10.1. The van der Waals surface area contributed by atoms with Gasteiger partial charge in [-0.1, -0.05) is 17.8 Å². The number of carbonyl (C=O) groups is 1. The summed E-state index contributed by atoms with van der Waals surface area (Å²) in [6.07, 6.45) is 3.40. The molecule has 2 heterocycles. The Kier molecular flexibility index (Phi) is 6.83. The van der Waals surface area contributed by atoms with E-state index >= 15 is 0 Å². The number of aromatic nitrogens is 4. The molecule has 0 saturated heterocycles. The largest absolute Gasteiger partial charge is 0.497 e. The second-order valence-electron chi connectivity index (χ2n) is 5.63. The maximum Gasteiger partial charge on any atom is 0.236 e. The fraction of sp³-hybridized carbons (Fsp3) is 0.158. The predicted molar refractivity (Wildman–Crippen MR) is 113 cm³/mol. The highest BCUT2D eigenvalue weighted by molar-refractivity contribution is 9.10. The van der Waals surface area contributed by atoms with Crippen molar-refractivity contribution in [2.24, 2.45) is 0 Å². The van der Waals surface area contributed by atoms with Crippen LogP contribution in [0.5, 0.6) is 5.75 Å². The Balaban J connectivity index is 1.70. The minimum atomic E-state index is -0.168. The van der Waals surface area contributed by atoms with Crippen LogP contribution in [0.25, 0.3) is 11.4 Å². The van der Waals surface area contributed by atoms with E-state index in [9.17, 15) is 4.79 Å². The number of nitrogens with zero attached hydrogens (tertiary/aromatic N) is 4. The molecule has 0 fully saturated rings. The minimum absolute atomic E-state index is 0.168. The molecular formula is C19H18BrN5O2S. The van der Waals surface area contributed by atoms with Crippen molar-refractivity contribution >= 4 is 39.4 Å². The normalized spacial score (nSPS) is 10.5. The number of rotatable bonds is 8. The topological polar surface area (TPSA) is 81.9 Å². The molecule has 0 aliphatic rings. The molecule has 0 atom stereocenters. The van der Waals surface area contributed by atoms with Gasteiger partial charge in [-0.05, 0) is 52.3 Å². The number of methoxy groups -OCH3 is 1. The molecule has 3 aromatic rings. The molecule has 0 saturated carbocycles. The molecule has 1 N–H and O–H groups in total. The molecule has 2 aromatic heterocycles. The van der Waals surface area contributed by atoms with E-state index in [4.69, 9.17) is 4.74 Å². The van der Waals surface area contributed by atoms with Gasteiger partial charge in [0.15, 0.2) is 11.0 Å². The van der Waals surface area contributed by atoms with Crippen molar-refractivity contribution in [3.63, 3.8) is 0 Å². The Bertz CT molecular complexity index is 957. The van der Waals surface area contributed by atoms with Crippen molar-refractivity contribution in [3.05, 3.63) is 59.7 Å². The highest BCUT2D eigenvalue weighted by Gasteiger charge is 2.15. The smallest absolute Gasteiger partial charge is 0.236 e. The number of hydrogen-bond donors (Lipinski definition) is 1. The highest BCUT2D eigenvalue weighted by Crippen LogP contribution is 2.25. The van der Waals surface area contributed by atoms with E-state index in [0.29, 0.717) is 23.3 Å². The molecule has 0 radical (unpaired) electrons. The van der Waals surface area contributed by atoms with E-state index < -0.39 is 0 Å². The molecule has 0 aliphatic heterocycles. The van der Waals surface area contributed by atoms with E-state index in [1.807, 2.05) is 34.9 Å². The first kappa shape index (κ1) is 20.1. The molecule has 0 bridgehead atoms. The van der Waals surface area contributed by atoms with Crippen molar-refractivity contribution in [1.29, 1.82) is 0 Å². The Morgan fingerprint density at radius 3 is 2.71 bits per heavy atom. The summed E-state index contributed by atoms with van der Waals surface area (Å²) >= 11 is 4.62. The third-order valence-electron chi connectivity index (χ3n) is 3.70. The van der Waals surface area contributed by atoms with E-state index in [-0.39, 0.29) is 11.7 Å². The van der Waals surface area contributed by atoms with Gasteiger partial charge in [0.25, 0.3) is 0 Å². The highest BCUT2D eigenvalue weighted by atomic mass is 79.9. The van der Waals surface area contributed by atoms with Crippen LogP contribution in [0.1, 0.15) is 0 Å². The summed E-state index contributed by atoms with van der Waals surface area (Å²) < 4.78 is 7.96. The van der Waals surface area contributed by atoms with Crippen LogP contribution in [-0.4, -0.2) is 38.5 Å². The zero-order valence-electron chi connectivity index (χ0n) is 15.1. The summed E-state index contributed by atoms with van der Waals surface area (Å²) in [5.41, 5.74) is 0.908. The van der Waals surface area contributed by atoms with Crippen molar-refractivity contribution in [2.45, 2.75) is 11.7 Å². The van der Waals surface area contributed by atoms with E-state index in [2.05, 4.69) is 43.0 Å². The lowest BCUT2D eigenvalue weighted by Gasteiger charge is -2.08. The van der Waals surface area contributed by atoms with Crippen LogP contribution in [0.4, 0.5) is 5.82 Å². The van der Waals surface area contributed by atoms with Crippen LogP contribution in [0, 0.1) is 0 Å². The number of hydrogen-bond acceptors (Lipinski definition) is 6. The second-order valence-corrected chi connectivity index (χ2v) is 7.49. The van der Waals surface area contributed by atoms with Gasteiger partial charge < -0.3 is 10.1 Å². The SMILES string of the molecule is C=CCn1c(SCC(=O)Nc2ccc(Br)cn2)nnc1-c1ccc(OC)cc1. The standard InChI is InChI=1S/C19H18BrN5O2S/c1-3-10-25-18(13-4-7-15(27-2)8-5-13)23-24-19(25)28-12-17(26)22-16-9-6-14(20)11-21-16/h3-9,11H,1,10,12H2,2H3,(H,21,22,26). The molecule has 3 rings (SSSR count). The lowest BCUT2D eigenvalue weighted by atomic mass is 10.2. The average Bonchev–Trinajstić information content (AvgIpc) is 3.11. The molecule has 0 aliphatic carbocycles. The van der Waals surface area contributed by atoms with Crippen molar-refractivity contribution in [1.82, 2.24) is 19.7 Å². The summed E-state index contributed by atoms with van der Waals surface area (Å²) in [7, 11) is 1.62. The number of nitrogens with one attached hydrogen (secondary N) is 1. The Labute approximate surface area is 175 Å². The number of halogens is 1. The van der Waals surface area contributed by atoms with Crippen LogP contribution in [0.3, 0.4) is 0 Å². The number of carbonyl (C=O) groups excluding carboxylic acids is 1. The fourth-order valence-electron chi connectivity index (χ4n) is 2.40. The summed E-state index contributed by atoms with van der Waals surface area (Å²) in [5.74, 6) is 2.00. The van der Waals surface area contributed by atoms with E-state index in [1.54, 1.807) is 25.4 Å². The van der Waals surface area contributed by atoms with Crippen LogP contribution in [0.15, 0.2) is 64.9 Å². The van der Waals surface area contributed by atoms with Gasteiger partial charge in [0.1, 0.15) is 11.6 Å². The van der Waals surface area contributed by atoms with Crippen molar-refractivity contribution < 1.29 is 9.53 Å². The summed E-state index contributed by atoms with van der Waals surface area (Å²) in [4.78, 5) is 16.3. The lowest BCUT2D eigenvalue weighted by Crippen LogP contribution is -2.15. The second kappa shape index (κ2) is 9.52. The Morgan fingerprint density at radius 1 is 1.29 bits per heavy atom. The fourth-order valence-corrected chi connectivity index (χ4v) is 3.38. The first-order chi connectivity index (χ1) is 13.6. The molecule has 7 nitrogen and oxygen atoms in total. The molecule has 28 heavy (non-hydrogen) atoms. The summed E-state index contributed by atoms with van der Waals surface area (Å²) in [5, 5.41) is 11.9. The Hall–Kier alpha value is -2.65. The van der Waals surface area contributed by atoms with Gasteiger partial charge in [-0.2, -0.15) is 0 Å². The third-order valence-corrected chi connectivity index (χ3v) is 5.14. The van der Waals surface area contributed by atoms with Gasteiger partial charge >= 0.3 is 0 Å². The minimum Gasteiger partial charge on any atom is -0.497 e. The van der Waals surface area contributed by atoms with Gasteiger partial charge in [0.05, 0.1) is 12.9 Å². The third kappa shape index (κ3) is 4.99. The number of anilines is 1. The van der Waals surface area contributed by atoms with Gasteiger partial charge in [-0.3, -0.25) is 9.36 Å². The molecule has 0 spiro atoms. The quantitative estimate of drug-likeness (QED) is 0.404. The van der Waals surface area contributed by atoms with E-state index in [1.165, 1.54) is 11.8 Å². The van der Waals surface area contributed by atoms with Gasteiger partial charge in [-0.15, -0.1) is 16.8 Å². The number of amides is 1. The molecule has 1 aromatic carbocycles. The zero-order chi connectivity index (χ0) is 19.9. The predicted octanol–water partition coefficient (Wildman–Crippen LogP) is 4.03. The van der Waals surface area contributed by atoms with Gasteiger partial charge in [0, 0.05) is 22.8 Å². The molecule has 0 unspecified atom stereocenters. The summed E-state index contributed by atoms with van der Waals surface area (Å²) in [6.45, 7) is 4.33. The van der Waals surface area contributed by atoms with Gasteiger partial charge in [-0.25, -0.2) is 4.98 Å². The molecule has 9 heteroatoms. The number of thioether (sulfide) groups is 1. The monoisotopic (exact) mass is 459 g/mol. The number of allylic oxidation sites excluding steroid dienone is 1. The Morgan fingerprint density at radius 2 is 2.07 bits per heavy atom. The van der Waals surface area contributed by atoms with Gasteiger partial charge in [0.2, 0.25) is 5.91 Å².